The van der Waals surface area contributed by atoms with Crippen LogP contribution in [0.4, 0.5) is 23.0 Å². The predicted molar refractivity (Wildman–Crippen MR) is 101 cm³/mol. The Bertz CT molecular complexity index is 1030. The molecule has 0 amide bonds. The van der Waals surface area contributed by atoms with Crippen molar-refractivity contribution in [3.63, 3.8) is 0 Å². The number of hydrogen-bond acceptors (Lipinski definition) is 4. The Balaban J connectivity index is 1.81. The maximum Gasteiger partial charge on any atom is 0.249 e. The number of anilines is 2. The number of aryl methyl sites for hydroxylation is 1. The number of hydrogen-bond donors (Lipinski definition) is 1. The molecule has 5 heteroatoms. The molecule has 0 aliphatic heterocycles. The summed E-state index contributed by atoms with van der Waals surface area (Å²) in [6.45, 7) is 0. The van der Waals surface area contributed by atoms with Crippen molar-refractivity contribution in [1.82, 2.24) is 9.55 Å². The van der Waals surface area contributed by atoms with Crippen molar-refractivity contribution in [1.29, 1.82) is 0 Å². The summed E-state index contributed by atoms with van der Waals surface area (Å²) in [5, 5.41) is 14.4. The van der Waals surface area contributed by atoms with Gasteiger partial charge in [-0.1, -0.05) is 48.5 Å². The van der Waals surface area contributed by atoms with E-state index in [0.29, 0.717) is 5.95 Å². The predicted octanol–water partition coefficient (Wildman–Crippen LogP) is 5.73. The van der Waals surface area contributed by atoms with E-state index in [0.717, 1.165) is 27.8 Å². The zero-order valence-corrected chi connectivity index (χ0v) is 13.8. The molecule has 4 rings (SSSR count). The molecule has 0 saturated carbocycles. The number of aromatic nitrogens is 2. The second kappa shape index (κ2) is 6.57. The molecule has 0 atom stereocenters. The molecule has 122 valence electrons. The van der Waals surface area contributed by atoms with Crippen LogP contribution in [0.2, 0.25) is 0 Å². The fourth-order valence-corrected chi connectivity index (χ4v) is 2.69. The summed E-state index contributed by atoms with van der Waals surface area (Å²) in [5.41, 5.74) is 2.71. The van der Waals surface area contributed by atoms with Crippen molar-refractivity contribution in [3.8, 4) is 0 Å². The Kier molecular flexibility index (Phi) is 3.96. The van der Waals surface area contributed by atoms with Crippen LogP contribution in [0.5, 0.6) is 0 Å². The minimum atomic E-state index is 0.568. The first-order chi connectivity index (χ1) is 12.3. The van der Waals surface area contributed by atoms with E-state index in [2.05, 4.69) is 38.7 Å². The van der Waals surface area contributed by atoms with Gasteiger partial charge in [0.25, 0.3) is 0 Å². The molecule has 0 bridgehead atoms. The molecule has 0 aliphatic carbocycles. The van der Waals surface area contributed by atoms with Crippen LogP contribution >= 0.6 is 0 Å². The average Bonchev–Trinajstić information content (AvgIpc) is 3.07. The van der Waals surface area contributed by atoms with Crippen molar-refractivity contribution in [2.75, 3.05) is 5.32 Å². The van der Waals surface area contributed by atoms with Crippen LogP contribution < -0.4 is 5.32 Å². The summed E-state index contributed by atoms with van der Waals surface area (Å²) >= 11 is 0. The van der Waals surface area contributed by atoms with Crippen molar-refractivity contribution >= 4 is 33.8 Å². The summed E-state index contributed by atoms with van der Waals surface area (Å²) < 4.78 is 1.83. The Labute approximate surface area is 145 Å². The third-order valence-corrected chi connectivity index (χ3v) is 3.99. The normalized spacial score (nSPS) is 11.2. The molecule has 0 radical (unpaired) electrons. The van der Waals surface area contributed by atoms with Gasteiger partial charge in [0.2, 0.25) is 5.95 Å². The standard InChI is InChI=1S/C20H17N5/c1-25-14-13-21-20(25)24-23-18-12-11-15-7-5-6-10-17(15)19(18)22-16-8-3-2-4-9-16/h2-14,22H,1H3. The highest BCUT2D eigenvalue weighted by molar-refractivity contribution is 6.00. The zero-order chi connectivity index (χ0) is 17.1. The molecule has 5 nitrogen and oxygen atoms in total. The van der Waals surface area contributed by atoms with Gasteiger partial charge in [-0.05, 0) is 23.6 Å². The molecule has 3 aromatic carbocycles. The third kappa shape index (κ3) is 3.12. The highest BCUT2D eigenvalue weighted by Gasteiger charge is 2.08. The molecule has 0 fully saturated rings. The fourth-order valence-electron chi connectivity index (χ4n) is 2.69. The van der Waals surface area contributed by atoms with E-state index >= 15 is 0 Å². The number of fused-ring (bicyclic) bond motifs is 1. The van der Waals surface area contributed by atoms with Crippen LogP contribution in [-0.4, -0.2) is 9.55 Å². The number of rotatable bonds is 4. The van der Waals surface area contributed by atoms with Gasteiger partial charge in [-0.2, -0.15) is 0 Å². The molecule has 1 heterocycles. The topological polar surface area (TPSA) is 54.6 Å². The molecule has 4 aromatic rings. The van der Waals surface area contributed by atoms with Crippen LogP contribution in [-0.2, 0) is 7.05 Å². The molecule has 25 heavy (non-hydrogen) atoms. The van der Waals surface area contributed by atoms with Crippen molar-refractivity contribution in [2.24, 2.45) is 17.3 Å². The van der Waals surface area contributed by atoms with Crippen LogP contribution in [0.3, 0.4) is 0 Å². The highest BCUT2D eigenvalue weighted by atomic mass is 15.3. The second-order valence-electron chi connectivity index (χ2n) is 5.71. The van der Waals surface area contributed by atoms with E-state index in [1.807, 2.05) is 66.3 Å². The summed E-state index contributed by atoms with van der Waals surface area (Å²) in [4.78, 5) is 4.19. The zero-order valence-electron chi connectivity index (χ0n) is 13.8. The molecular weight excluding hydrogens is 310 g/mol. The Hall–Kier alpha value is -3.47. The number of benzene rings is 3. The van der Waals surface area contributed by atoms with Crippen LogP contribution in [0.15, 0.2) is 89.4 Å². The SMILES string of the molecule is Cn1ccnc1N=Nc1ccc2ccccc2c1Nc1ccccc1. The number of nitrogens with zero attached hydrogens (tertiary/aromatic N) is 4. The fraction of sp³-hybridized carbons (Fsp3) is 0.0500. The van der Waals surface area contributed by atoms with E-state index in [-0.39, 0.29) is 0 Å². The Morgan fingerprint density at radius 3 is 2.48 bits per heavy atom. The summed E-state index contributed by atoms with van der Waals surface area (Å²) in [6, 6.07) is 22.3. The third-order valence-electron chi connectivity index (χ3n) is 3.99. The second-order valence-corrected chi connectivity index (χ2v) is 5.71. The van der Waals surface area contributed by atoms with Crippen LogP contribution in [0, 0.1) is 0 Å². The van der Waals surface area contributed by atoms with E-state index in [1.54, 1.807) is 6.20 Å². The lowest BCUT2D eigenvalue weighted by molar-refractivity contribution is 0.893. The van der Waals surface area contributed by atoms with Gasteiger partial charge >= 0.3 is 0 Å². The smallest absolute Gasteiger partial charge is 0.249 e. The largest absolute Gasteiger partial charge is 0.353 e. The van der Waals surface area contributed by atoms with E-state index in [9.17, 15) is 0 Å². The van der Waals surface area contributed by atoms with E-state index in [1.165, 1.54) is 0 Å². The highest BCUT2D eigenvalue weighted by Crippen LogP contribution is 2.36. The summed E-state index contributed by atoms with van der Waals surface area (Å²) in [6.07, 6.45) is 3.55. The lowest BCUT2D eigenvalue weighted by Gasteiger charge is -2.12. The molecule has 0 spiro atoms. The van der Waals surface area contributed by atoms with E-state index in [4.69, 9.17) is 0 Å². The van der Waals surface area contributed by atoms with Crippen molar-refractivity contribution in [3.05, 3.63) is 79.1 Å². The van der Waals surface area contributed by atoms with Gasteiger partial charge in [0.05, 0.1) is 5.69 Å². The average molecular weight is 327 g/mol. The molecule has 1 N–H and O–H groups in total. The molecular formula is C20H17N5. The minimum absolute atomic E-state index is 0.568. The first-order valence-corrected chi connectivity index (χ1v) is 8.04. The number of nitrogens with one attached hydrogen (secondary N) is 1. The Morgan fingerprint density at radius 2 is 1.68 bits per heavy atom. The number of azo groups is 1. The van der Waals surface area contributed by atoms with E-state index < -0.39 is 0 Å². The molecule has 0 aliphatic rings. The van der Waals surface area contributed by atoms with Gasteiger partial charge in [0.1, 0.15) is 5.69 Å². The number of para-hydroxylation sites is 1. The minimum Gasteiger partial charge on any atom is -0.353 e. The van der Waals surface area contributed by atoms with Gasteiger partial charge in [-0.25, -0.2) is 4.98 Å². The lowest BCUT2D eigenvalue weighted by atomic mass is 10.1. The first kappa shape index (κ1) is 15.1. The van der Waals surface area contributed by atoms with Gasteiger partial charge < -0.3 is 9.88 Å². The van der Waals surface area contributed by atoms with Crippen LogP contribution in [0.1, 0.15) is 0 Å². The maximum absolute atomic E-state index is 4.43. The van der Waals surface area contributed by atoms with Gasteiger partial charge in [-0.3, -0.25) is 0 Å². The summed E-state index contributed by atoms with van der Waals surface area (Å²) in [5.74, 6) is 0.568. The lowest BCUT2D eigenvalue weighted by Crippen LogP contribution is -1.92. The maximum atomic E-state index is 4.43. The van der Waals surface area contributed by atoms with Crippen molar-refractivity contribution < 1.29 is 0 Å². The molecule has 1 aromatic heterocycles. The molecule has 0 saturated heterocycles. The van der Waals surface area contributed by atoms with Gasteiger partial charge in [-0.15, -0.1) is 10.2 Å². The van der Waals surface area contributed by atoms with Crippen molar-refractivity contribution in [2.45, 2.75) is 0 Å². The summed E-state index contributed by atoms with van der Waals surface area (Å²) in [7, 11) is 1.89. The monoisotopic (exact) mass is 327 g/mol. The number of imidazole rings is 1. The quantitative estimate of drug-likeness (QED) is 0.486. The first-order valence-electron chi connectivity index (χ1n) is 8.04. The van der Waals surface area contributed by atoms with Crippen LogP contribution in [0.25, 0.3) is 10.8 Å². The van der Waals surface area contributed by atoms with Gasteiger partial charge in [0, 0.05) is 30.5 Å². The van der Waals surface area contributed by atoms with Gasteiger partial charge in [0.15, 0.2) is 0 Å². The Morgan fingerprint density at radius 1 is 0.880 bits per heavy atom. The molecule has 0 unspecified atom stereocenters.